The van der Waals surface area contributed by atoms with Crippen LogP contribution in [0.25, 0.3) is 0 Å². The van der Waals surface area contributed by atoms with Crippen LogP contribution < -0.4 is 5.73 Å². The maximum atomic E-state index is 6.11. The summed E-state index contributed by atoms with van der Waals surface area (Å²) in [4.78, 5) is 2.65. The van der Waals surface area contributed by atoms with Crippen LogP contribution in [0.15, 0.2) is 24.3 Å². The number of nitrogens with two attached hydrogens (primary N) is 1. The van der Waals surface area contributed by atoms with Gasteiger partial charge in [0.25, 0.3) is 0 Å². The predicted molar refractivity (Wildman–Crippen MR) is 86.8 cm³/mol. The normalized spacial score (nSPS) is 16.9. The van der Waals surface area contributed by atoms with Crippen molar-refractivity contribution in [3.63, 3.8) is 0 Å². The number of aryl methyl sites for hydroxylation is 1. The molecule has 0 bridgehead atoms. The Bertz CT molecular complexity index is 392. The van der Waals surface area contributed by atoms with Gasteiger partial charge in [-0.2, -0.15) is 0 Å². The zero-order valence-electron chi connectivity index (χ0n) is 13.3. The second-order valence-electron chi connectivity index (χ2n) is 6.50. The topological polar surface area (TPSA) is 29.3 Å². The molecule has 1 aromatic rings. The second-order valence-corrected chi connectivity index (χ2v) is 6.50. The lowest BCUT2D eigenvalue weighted by Gasteiger charge is -2.32. The Kier molecular flexibility index (Phi) is 5.62. The van der Waals surface area contributed by atoms with E-state index in [0.717, 1.165) is 24.9 Å². The van der Waals surface area contributed by atoms with Crippen LogP contribution in [0.4, 0.5) is 0 Å². The zero-order valence-corrected chi connectivity index (χ0v) is 13.3. The molecule has 20 heavy (non-hydrogen) atoms. The monoisotopic (exact) mass is 274 g/mol. The molecule has 1 saturated carbocycles. The Hall–Kier alpha value is -0.860. The van der Waals surface area contributed by atoms with Gasteiger partial charge in [0.05, 0.1) is 0 Å². The number of hydrogen-bond donors (Lipinski definition) is 1. The molecule has 1 aromatic carbocycles. The van der Waals surface area contributed by atoms with Crippen molar-refractivity contribution in [3.8, 4) is 0 Å². The molecule has 0 spiro atoms. The summed E-state index contributed by atoms with van der Waals surface area (Å²) >= 11 is 0. The highest BCUT2D eigenvalue weighted by molar-refractivity contribution is 5.25. The molecule has 112 valence electrons. The van der Waals surface area contributed by atoms with Crippen molar-refractivity contribution < 1.29 is 0 Å². The van der Waals surface area contributed by atoms with E-state index in [2.05, 4.69) is 49.9 Å². The van der Waals surface area contributed by atoms with E-state index in [1.54, 1.807) is 0 Å². The van der Waals surface area contributed by atoms with Crippen LogP contribution in [0.3, 0.4) is 0 Å². The summed E-state index contributed by atoms with van der Waals surface area (Å²) < 4.78 is 0. The minimum absolute atomic E-state index is 0.396. The summed E-state index contributed by atoms with van der Waals surface area (Å²) in [5, 5.41) is 0. The standard InChI is InChI=1S/C18H30N2/c1-4-15-5-7-16(8-6-15)18(13-19)20(17-9-10-17)12-11-14(2)3/h5-8,14,17-18H,4,9-13,19H2,1-3H3. The van der Waals surface area contributed by atoms with Crippen molar-refractivity contribution in [2.24, 2.45) is 11.7 Å². The third kappa shape index (κ3) is 4.07. The van der Waals surface area contributed by atoms with Gasteiger partial charge >= 0.3 is 0 Å². The molecule has 2 rings (SSSR count). The molecule has 0 aromatic heterocycles. The third-order valence-corrected chi connectivity index (χ3v) is 4.38. The fourth-order valence-corrected chi connectivity index (χ4v) is 2.84. The van der Waals surface area contributed by atoms with Crippen LogP contribution in [0.1, 0.15) is 57.2 Å². The SMILES string of the molecule is CCc1ccc(C(CN)N(CCC(C)C)C2CC2)cc1. The first-order chi connectivity index (χ1) is 9.65. The highest BCUT2D eigenvalue weighted by atomic mass is 15.2. The van der Waals surface area contributed by atoms with Crippen molar-refractivity contribution >= 4 is 0 Å². The number of hydrogen-bond acceptors (Lipinski definition) is 2. The maximum absolute atomic E-state index is 6.11. The zero-order chi connectivity index (χ0) is 14.5. The average Bonchev–Trinajstić information content (AvgIpc) is 3.28. The Balaban J connectivity index is 2.09. The molecule has 0 heterocycles. The van der Waals surface area contributed by atoms with Gasteiger partial charge in [0.1, 0.15) is 0 Å². The average molecular weight is 274 g/mol. The van der Waals surface area contributed by atoms with Gasteiger partial charge < -0.3 is 5.73 Å². The van der Waals surface area contributed by atoms with Gasteiger partial charge in [-0.15, -0.1) is 0 Å². The summed E-state index contributed by atoms with van der Waals surface area (Å²) in [6.45, 7) is 8.71. The molecule has 0 amide bonds. The van der Waals surface area contributed by atoms with Crippen molar-refractivity contribution in [1.29, 1.82) is 0 Å². The minimum Gasteiger partial charge on any atom is -0.329 e. The first-order valence-corrected chi connectivity index (χ1v) is 8.20. The second kappa shape index (κ2) is 7.24. The minimum atomic E-state index is 0.396. The molecule has 0 saturated heterocycles. The van der Waals surface area contributed by atoms with Crippen LogP contribution in [0.2, 0.25) is 0 Å². The smallest absolute Gasteiger partial charge is 0.0473 e. The number of nitrogens with zero attached hydrogens (tertiary/aromatic N) is 1. The molecule has 0 aliphatic heterocycles. The van der Waals surface area contributed by atoms with E-state index >= 15 is 0 Å². The Morgan fingerprint density at radius 2 is 1.85 bits per heavy atom. The van der Waals surface area contributed by atoms with Gasteiger partial charge in [-0.1, -0.05) is 45.0 Å². The molecule has 1 unspecified atom stereocenters. The Morgan fingerprint density at radius 3 is 2.30 bits per heavy atom. The summed E-state index contributed by atoms with van der Waals surface area (Å²) in [6, 6.07) is 10.2. The van der Waals surface area contributed by atoms with E-state index in [0.29, 0.717) is 6.04 Å². The van der Waals surface area contributed by atoms with Gasteiger partial charge in [-0.05, 0) is 49.3 Å². The first kappa shape index (κ1) is 15.5. The first-order valence-electron chi connectivity index (χ1n) is 8.20. The molecule has 0 radical (unpaired) electrons. The van der Waals surface area contributed by atoms with Crippen molar-refractivity contribution in [2.75, 3.05) is 13.1 Å². The van der Waals surface area contributed by atoms with Crippen LogP contribution in [0.5, 0.6) is 0 Å². The van der Waals surface area contributed by atoms with Crippen LogP contribution in [-0.4, -0.2) is 24.0 Å². The fraction of sp³-hybridized carbons (Fsp3) is 0.667. The van der Waals surface area contributed by atoms with E-state index in [1.165, 1.54) is 36.9 Å². The van der Waals surface area contributed by atoms with Gasteiger partial charge in [-0.25, -0.2) is 0 Å². The van der Waals surface area contributed by atoms with Crippen LogP contribution >= 0.6 is 0 Å². The largest absolute Gasteiger partial charge is 0.329 e. The van der Waals surface area contributed by atoms with Crippen LogP contribution in [-0.2, 0) is 6.42 Å². The van der Waals surface area contributed by atoms with Crippen LogP contribution in [0, 0.1) is 5.92 Å². The Labute approximate surface area is 124 Å². The molecule has 2 N–H and O–H groups in total. The summed E-state index contributed by atoms with van der Waals surface area (Å²) in [7, 11) is 0. The molecular weight excluding hydrogens is 244 g/mol. The lowest BCUT2D eigenvalue weighted by molar-refractivity contribution is 0.181. The van der Waals surface area contributed by atoms with Crippen molar-refractivity contribution in [1.82, 2.24) is 4.90 Å². The fourth-order valence-electron chi connectivity index (χ4n) is 2.84. The lowest BCUT2D eigenvalue weighted by atomic mass is 10.0. The van der Waals surface area contributed by atoms with E-state index in [9.17, 15) is 0 Å². The van der Waals surface area contributed by atoms with Crippen molar-refractivity contribution in [2.45, 2.75) is 58.5 Å². The highest BCUT2D eigenvalue weighted by Crippen LogP contribution is 2.34. The summed E-state index contributed by atoms with van der Waals surface area (Å²) in [6.07, 6.45) is 5.07. The summed E-state index contributed by atoms with van der Waals surface area (Å²) in [5.41, 5.74) is 8.90. The van der Waals surface area contributed by atoms with Gasteiger partial charge in [0.2, 0.25) is 0 Å². The molecular formula is C18H30N2. The quantitative estimate of drug-likeness (QED) is 0.782. The molecule has 1 aliphatic rings. The Morgan fingerprint density at radius 1 is 1.20 bits per heavy atom. The van der Waals surface area contributed by atoms with Gasteiger partial charge in [-0.3, -0.25) is 4.90 Å². The van der Waals surface area contributed by atoms with E-state index in [4.69, 9.17) is 5.73 Å². The maximum Gasteiger partial charge on any atom is 0.0473 e. The van der Waals surface area contributed by atoms with Gasteiger partial charge in [0, 0.05) is 18.6 Å². The van der Waals surface area contributed by atoms with E-state index < -0.39 is 0 Å². The lowest BCUT2D eigenvalue weighted by Crippen LogP contribution is -2.36. The number of benzene rings is 1. The number of rotatable bonds is 8. The molecule has 2 nitrogen and oxygen atoms in total. The summed E-state index contributed by atoms with van der Waals surface area (Å²) in [5.74, 6) is 0.761. The predicted octanol–water partition coefficient (Wildman–Crippen LogP) is 3.76. The molecule has 1 fully saturated rings. The third-order valence-electron chi connectivity index (χ3n) is 4.38. The van der Waals surface area contributed by atoms with Crippen molar-refractivity contribution in [3.05, 3.63) is 35.4 Å². The van der Waals surface area contributed by atoms with E-state index in [-0.39, 0.29) is 0 Å². The molecule has 1 atom stereocenters. The molecule has 1 aliphatic carbocycles. The highest BCUT2D eigenvalue weighted by Gasteiger charge is 2.33. The van der Waals surface area contributed by atoms with E-state index in [1.807, 2.05) is 0 Å². The molecule has 2 heteroatoms. The van der Waals surface area contributed by atoms with Gasteiger partial charge in [0.15, 0.2) is 0 Å².